The largest absolute Gasteiger partial charge is 0.463 e. The van der Waals surface area contributed by atoms with Crippen LogP contribution < -0.4 is 10.2 Å². The number of rotatable bonds is 7. The first-order chi connectivity index (χ1) is 14.8. The van der Waals surface area contributed by atoms with Crippen molar-refractivity contribution >= 4 is 23.5 Å². The van der Waals surface area contributed by atoms with Gasteiger partial charge >= 0.3 is 5.97 Å². The Morgan fingerprint density at radius 2 is 1.77 bits per heavy atom. The number of nitrogens with one attached hydrogen (secondary N) is 1. The van der Waals surface area contributed by atoms with Crippen LogP contribution in [0.1, 0.15) is 25.5 Å². The van der Waals surface area contributed by atoms with Crippen molar-refractivity contribution in [3.8, 4) is 11.1 Å². The van der Waals surface area contributed by atoms with Gasteiger partial charge in [-0.15, -0.1) is 0 Å². The Morgan fingerprint density at radius 3 is 2.45 bits per heavy atom. The molecule has 2 amide bonds. The maximum Gasteiger partial charge on any atom is 0.353 e. The second-order valence-electron chi connectivity index (χ2n) is 7.22. The molecule has 0 radical (unpaired) electrons. The molecule has 1 N–H and O–H groups in total. The number of anilines is 1. The fourth-order valence-corrected chi connectivity index (χ4v) is 3.52. The zero-order chi connectivity index (χ0) is 22.6. The third-order valence-electron chi connectivity index (χ3n) is 5.15. The summed E-state index contributed by atoms with van der Waals surface area (Å²) in [5, 5.41) is 2.44. The Bertz CT molecular complexity index is 991. The smallest absolute Gasteiger partial charge is 0.353 e. The number of hydrogen-bond donors (Lipinski definition) is 1. The molecule has 8 heteroatoms. The van der Waals surface area contributed by atoms with E-state index in [1.165, 1.54) is 18.9 Å². The van der Waals surface area contributed by atoms with Gasteiger partial charge in [0, 0.05) is 19.2 Å². The molecule has 0 spiro atoms. The zero-order valence-electron chi connectivity index (χ0n) is 17.7. The summed E-state index contributed by atoms with van der Waals surface area (Å²) in [7, 11) is 1.52. The van der Waals surface area contributed by atoms with Crippen molar-refractivity contribution in [2.45, 2.75) is 25.6 Å². The van der Waals surface area contributed by atoms with Crippen LogP contribution in [0.2, 0.25) is 0 Å². The van der Waals surface area contributed by atoms with Crippen LogP contribution in [-0.2, 0) is 23.9 Å². The first kappa shape index (κ1) is 22.4. The zero-order valence-corrected chi connectivity index (χ0v) is 17.7. The maximum absolute atomic E-state index is 15.0. The van der Waals surface area contributed by atoms with Crippen LogP contribution in [0.15, 0.2) is 48.5 Å². The number of carbonyl (C=O) groups excluding carboxylic acids is 3. The maximum atomic E-state index is 15.0. The number of nitrogens with zero attached hydrogens (tertiary/aromatic N) is 1. The average Bonchev–Trinajstić information content (AvgIpc) is 2.86. The highest BCUT2D eigenvalue weighted by molar-refractivity contribution is 6.10. The molecule has 0 saturated heterocycles. The molecule has 1 heterocycles. The Kier molecular flexibility index (Phi) is 6.70. The van der Waals surface area contributed by atoms with E-state index in [9.17, 15) is 18.8 Å². The Labute approximate surface area is 180 Å². The minimum absolute atomic E-state index is 0.0725. The van der Waals surface area contributed by atoms with Crippen LogP contribution in [0.3, 0.4) is 0 Å². The second-order valence-corrected chi connectivity index (χ2v) is 7.22. The van der Waals surface area contributed by atoms with Crippen molar-refractivity contribution in [1.29, 1.82) is 0 Å². The minimum atomic E-state index is -2.94. The quantitative estimate of drug-likeness (QED) is 0.542. The number of para-hydroxylation sites is 1. The normalized spacial score (nSPS) is 17.1. The number of amides is 2. The number of hydrogen-bond acceptors (Lipinski definition) is 5. The summed E-state index contributed by atoms with van der Waals surface area (Å²) in [5.41, 5.74) is -0.252. The summed E-state index contributed by atoms with van der Waals surface area (Å²) in [6.07, 6.45) is 0. The van der Waals surface area contributed by atoms with Crippen LogP contribution in [0.25, 0.3) is 11.1 Å². The molecule has 164 valence electrons. The lowest BCUT2D eigenvalue weighted by atomic mass is 9.95. The van der Waals surface area contributed by atoms with Gasteiger partial charge in [0.05, 0.1) is 18.9 Å². The predicted molar refractivity (Wildman–Crippen MR) is 113 cm³/mol. The predicted octanol–water partition coefficient (Wildman–Crippen LogP) is 2.80. The third kappa shape index (κ3) is 4.29. The summed E-state index contributed by atoms with van der Waals surface area (Å²) in [6.45, 7) is 2.77. The van der Waals surface area contributed by atoms with Crippen molar-refractivity contribution in [2.75, 3.05) is 31.8 Å². The van der Waals surface area contributed by atoms with Gasteiger partial charge in [-0.05, 0) is 31.0 Å². The van der Waals surface area contributed by atoms with E-state index in [4.69, 9.17) is 4.74 Å². The molecule has 31 heavy (non-hydrogen) atoms. The summed E-state index contributed by atoms with van der Waals surface area (Å²) in [5.74, 6) is -3.00. The lowest BCUT2D eigenvalue weighted by Gasteiger charge is -2.27. The van der Waals surface area contributed by atoms with E-state index in [1.54, 1.807) is 12.1 Å². The number of methoxy groups -OCH3 is 1. The monoisotopic (exact) mass is 428 g/mol. The second kappa shape index (κ2) is 9.26. The van der Waals surface area contributed by atoms with Gasteiger partial charge in [-0.1, -0.05) is 42.5 Å². The van der Waals surface area contributed by atoms with Gasteiger partial charge in [0.2, 0.25) is 0 Å². The summed E-state index contributed by atoms with van der Waals surface area (Å²) < 4.78 is 24.8. The van der Waals surface area contributed by atoms with Gasteiger partial charge in [-0.25, -0.2) is 9.18 Å². The lowest BCUT2D eigenvalue weighted by molar-refractivity contribution is -0.162. The van der Waals surface area contributed by atoms with Gasteiger partial charge in [0.25, 0.3) is 17.5 Å². The number of carbonyl (C=O) groups is 3. The molecule has 7 nitrogen and oxygen atoms in total. The molecule has 0 saturated carbocycles. The van der Waals surface area contributed by atoms with Crippen LogP contribution in [0.5, 0.6) is 0 Å². The summed E-state index contributed by atoms with van der Waals surface area (Å²) in [6, 6.07) is 13.2. The van der Waals surface area contributed by atoms with Gasteiger partial charge in [-0.2, -0.15) is 0 Å². The van der Waals surface area contributed by atoms with E-state index in [0.717, 1.165) is 18.1 Å². The molecule has 2 aromatic rings. The van der Waals surface area contributed by atoms with E-state index in [1.807, 2.05) is 36.4 Å². The average molecular weight is 428 g/mol. The first-order valence-electron chi connectivity index (χ1n) is 9.98. The van der Waals surface area contributed by atoms with E-state index in [-0.39, 0.29) is 19.8 Å². The van der Waals surface area contributed by atoms with Crippen LogP contribution >= 0.6 is 0 Å². The van der Waals surface area contributed by atoms with Crippen molar-refractivity contribution in [2.24, 2.45) is 0 Å². The molecule has 1 aliphatic rings. The van der Waals surface area contributed by atoms with Crippen LogP contribution in [0.4, 0.5) is 10.1 Å². The Balaban J connectivity index is 2.07. The van der Waals surface area contributed by atoms with Crippen molar-refractivity contribution in [3.05, 3.63) is 54.1 Å². The van der Waals surface area contributed by atoms with E-state index in [0.29, 0.717) is 11.3 Å². The Morgan fingerprint density at radius 1 is 1.13 bits per heavy atom. The fraction of sp³-hybridized carbons (Fsp3) is 0.348. The lowest BCUT2D eigenvalue weighted by Crippen LogP contribution is -2.52. The number of fused-ring (bicyclic) bond motifs is 3. The third-order valence-corrected chi connectivity index (χ3v) is 5.15. The van der Waals surface area contributed by atoms with Gasteiger partial charge in [0.15, 0.2) is 0 Å². The molecular weight excluding hydrogens is 403 g/mol. The molecule has 0 fully saturated rings. The summed E-state index contributed by atoms with van der Waals surface area (Å²) >= 11 is 0. The van der Waals surface area contributed by atoms with Crippen LogP contribution in [-0.4, -0.2) is 50.3 Å². The molecule has 2 aromatic carbocycles. The number of halogens is 1. The van der Waals surface area contributed by atoms with Crippen molar-refractivity contribution in [1.82, 2.24) is 5.32 Å². The first-order valence-corrected chi connectivity index (χ1v) is 9.98. The van der Waals surface area contributed by atoms with E-state index >= 15 is 0 Å². The number of ether oxygens (including phenoxy) is 2. The minimum Gasteiger partial charge on any atom is -0.463 e. The van der Waals surface area contributed by atoms with E-state index < -0.39 is 29.5 Å². The highest BCUT2D eigenvalue weighted by Gasteiger charge is 2.46. The van der Waals surface area contributed by atoms with Crippen LogP contribution in [0, 0.1) is 0 Å². The highest BCUT2D eigenvalue weighted by Crippen LogP contribution is 2.40. The molecule has 0 aliphatic carbocycles. The summed E-state index contributed by atoms with van der Waals surface area (Å²) in [4.78, 5) is 39.7. The number of benzene rings is 2. The van der Waals surface area contributed by atoms with Gasteiger partial charge in [0.1, 0.15) is 6.04 Å². The topological polar surface area (TPSA) is 84.9 Å². The van der Waals surface area contributed by atoms with Crippen molar-refractivity contribution in [3.63, 3.8) is 0 Å². The SMILES string of the molecule is CCOC(=O)[C@](C)(F)C(=O)N[C@@H]1C(=O)N(CCOC)c2ccccc2-c2ccccc21. The number of alkyl halides is 1. The molecule has 2 atom stereocenters. The highest BCUT2D eigenvalue weighted by atomic mass is 19.1. The fourth-order valence-electron chi connectivity index (χ4n) is 3.52. The van der Waals surface area contributed by atoms with Gasteiger partial charge < -0.3 is 19.7 Å². The number of esters is 1. The molecule has 1 aliphatic heterocycles. The molecule has 0 aromatic heterocycles. The Hall–Kier alpha value is -3.26. The van der Waals surface area contributed by atoms with E-state index in [2.05, 4.69) is 10.1 Å². The molecule has 0 unspecified atom stereocenters. The van der Waals surface area contributed by atoms with Crippen molar-refractivity contribution < 1.29 is 28.2 Å². The van der Waals surface area contributed by atoms with Gasteiger partial charge in [-0.3, -0.25) is 9.59 Å². The standard InChI is InChI=1S/C23H25FN2O5/c1-4-31-22(29)23(2,24)21(28)25-19-17-11-6-5-9-15(17)16-10-7-8-12-18(16)26(20(19)27)13-14-30-3/h5-12,19H,4,13-14H2,1-3H3,(H,25,28)/t19-,23+/m0/s1. The molecule has 3 rings (SSSR count). The molecular formula is C23H25FN2O5. The molecule has 0 bridgehead atoms.